The first-order chi connectivity index (χ1) is 11.5. The van der Waals surface area contributed by atoms with Crippen LogP contribution in [0.5, 0.6) is 5.75 Å². The van der Waals surface area contributed by atoms with Gasteiger partial charge in [-0.2, -0.15) is 0 Å². The summed E-state index contributed by atoms with van der Waals surface area (Å²) in [5.74, 6) is -0.414. The third kappa shape index (κ3) is 2.75. The lowest BCUT2D eigenvalue weighted by atomic mass is 10.1. The molecule has 6 nitrogen and oxygen atoms in total. The molecule has 6 heteroatoms. The van der Waals surface area contributed by atoms with Gasteiger partial charge in [-0.05, 0) is 29.8 Å². The van der Waals surface area contributed by atoms with Gasteiger partial charge in [0.15, 0.2) is 0 Å². The van der Waals surface area contributed by atoms with Crippen LogP contribution in [0.25, 0.3) is 0 Å². The van der Waals surface area contributed by atoms with Crippen LogP contribution < -0.4 is 9.80 Å². The van der Waals surface area contributed by atoms with Crippen LogP contribution in [0.1, 0.15) is 11.7 Å². The molecule has 122 valence electrons. The summed E-state index contributed by atoms with van der Waals surface area (Å²) in [4.78, 5) is 27.3. The van der Waals surface area contributed by atoms with E-state index >= 15 is 0 Å². The second-order valence-electron chi connectivity index (χ2n) is 5.39. The van der Waals surface area contributed by atoms with Crippen LogP contribution in [0.15, 0.2) is 61.2 Å². The quantitative estimate of drug-likeness (QED) is 0.669. The van der Waals surface area contributed by atoms with Gasteiger partial charge in [0.2, 0.25) is 0 Å². The van der Waals surface area contributed by atoms with Crippen molar-refractivity contribution in [2.24, 2.45) is 0 Å². The van der Waals surface area contributed by atoms with Crippen molar-refractivity contribution in [2.75, 3.05) is 16.3 Å². The number of phenolic OH excluding ortho intramolecular Hbond substituents is 1. The van der Waals surface area contributed by atoms with Gasteiger partial charge in [-0.25, -0.2) is 9.69 Å². The van der Waals surface area contributed by atoms with E-state index in [1.54, 1.807) is 36.4 Å². The summed E-state index contributed by atoms with van der Waals surface area (Å²) in [6.45, 7) is 3.43. The van der Waals surface area contributed by atoms with Crippen LogP contribution in [0, 0.1) is 0 Å². The molecule has 0 aliphatic carbocycles. The second kappa shape index (κ2) is 6.17. The lowest BCUT2D eigenvalue weighted by molar-refractivity contribution is -0.115. The summed E-state index contributed by atoms with van der Waals surface area (Å²) in [5, 5.41) is 19.4. The molecule has 0 bridgehead atoms. The molecule has 2 N–H and O–H groups in total. The Morgan fingerprint density at radius 1 is 1.08 bits per heavy atom. The Morgan fingerprint density at radius 2 is 1.79 bits per heavy atom. The molecule has 1 heterocycles. The summed E-state index contributed by atoms with van der Waals surface area (Å²) in [6, 6.07) is 12.2. The molecule has 2 aromatic rings. The number of aliphatic hydroxyl groups excluding tert-OH is 1. The third-order valence-corrected chi connectivity index (χ3v) is 3.80. The summed E-state index contributed by atoms with van der Waals surface area (Å²) in [5.41, 5.74) is 1.41. The second-order valence-corrected chi connectivity index (χ2v) is 5.39. The van der Waals surface area contributed by atoms with Crippen molar-refractivity contribution in [3.8, 4) is 5.75 Å². The monoisotopic (exact) mass is 324 g/mol. The number of phenols is 1. The largest absolute Gasteiger partial charge is 0.508 e. The number of aromatic hydroxyl groups is 1. The van der Waals surface area contributed by atoms with Crippen molar-refractivity contribution in [1.82, 2.24) is 0 Å². The minimum atomic E-state index is -0.847. The molecule has 1 aliphatic rings. The molecule has 1 aliphatic heterocycles. The van der Waals surface area contributed by atoms with Gasteiger partial charge < -0.3 is 10.2 Å². The minimum Gasteiger partial charge on any atom is -0.508 e. The van der Waals surface area contributed by atoms with Crippen LogP contribution in [0.2, 0.25) is 0 Å². The molecule has 0 radical (unpaired) electrons. The van der Waals surface area contributed by atoms with Crippen molar-refractivity contribution in [2.45, 2.75) is 6.10 Å². The molecule has 1 atom stereocenters. The molecule has 2 aromatic carbocycles. The Balaban J connectivity index is 1.93. The lowest BCUT2D eigenvalue weighted by Crippen LogP contribution is -2.33. The van der Waals surface area contributed by atoms with E-state index in [0.29, 0.717) is 16.9 Å². The Bertz CT molecular complexity index is 818. The molecule has 3 amide bonds. The summed E-state index contributed by atoms with van der Waals surface area (Å²) in [6.07, 6.45) is 0.537. The molecule has 0 saturated carbocycles. The zero-order chi connectivity index (χ0) is 17.3. The van der Waals surface area contributed by atoms with Gasteiger partial charge in [0.1, 0.15) is 12.3 Å². The van der Waals surface area contributed by atoms with E-state index in [4.69, 9.17) is 0 Å². The van der Waals surface area contributed by atoms with Gasteiger partial charge in [-0.15, -0.1) is 6.58 Å². The van der Waals surface area contributed by atoms with Crippen LogP contribution >= 0.6 is 0 Å². The van der Waals surface area contributed by atoms with Gasteiger partial charge in [0, 0.05) is 11.8 Å². The highest BCUT2D eigenvalue weighted by Gasteiger charge is 2.38. The topological polar surface area (TPSA) is 81.1 Å². The standard InChI is InChI=1S/C18H16N2O4/c1-2-16(22)12-5-3-6-13(9-12)19-11-17(23)20(18(19)24)14-7-4-8-15(21)10-14/h2-10,16,21-22H,1,11H2. The fourth-order valence-corrected chi connectivity index (χ4v) is 2.60. The number of urea groups is 1. The average Bonchev–Trinajstić information content (AvgIpc) is 2.88. The number of carbonyl (C=O) groups is 2. The van der Waals surface area contributed by atoms with Crippen LogP contribution in [0.3, 0.4) is 0 Å². The maximum atomic E-state index is 12.6. The molecular weight excluding hydrogens is 308 g/mol. The zero-order valence-electron chi connectivity index (χ0n) is 12.8. The normalized spacial score (nSPS) is 15.7. The Labute approximate surface area is 138 Å². The first-order valence-electron chi connectivity index (χ1n) is 7.35. The number of hydrogen-bond donors (Lipinski definition) is 2. The highest BCUT2D eigenvalue weighted by Crippen LogP contribution is 2.29. The van der Waals surface area contributed by atoms with Crippen molar-refractivity contribution in [3.05, 3.63) is 66.7 Å². The van der Waals surface area contributed by atoms with Crippen molar-refractivity contribution in [1.29, 1.82) is 0 Å². The fourth-order valence-electron chi connectivity index (χ4n) is 2.60. The summed E-state index contributed by atoms with van der Waals surface area (Å²) >= 11 is 0. The first kappa shape index (κ1) is 15.8. The van der Waals surface area contributed by atoms with Gasteiger partial charge in [0.05, 0.1) is 11.8 Å². The van der Waals surface area contributed by atoms with E-state index in [1.807, 2.05) is 0 Å². The lowest BCUT2D eigenvalue weighted by Gasteiger charge is -2.18. The smallest absolute Gasteiger partial charge is 0.336 e. The molecule has 1 fully saturated rings. The predicted molar refractivity (Wildman–Crippen MR) is 89.9 cm³/mol. The van der Waals surface area contributed by atoms with E-state index in [1.165, 1.54) is 23.1 Å². The Morgan fingerprint density at radius 3 is 2.50 bits per heavy atom. The fraction of sp³-hybridized carbons (Fsp3) is 0.111. The number of aliphatic hydroxyl groups is 1. The van der Waals surface area contributed by atoms with Crippen LogP contribution in [-0.4, -0.2) is 28.7 Å². The maximum Gasteiger partial charge on any atom is 0.336 e. The van der Waals surface area contributed by atoms with Crippen molar-refractivity contribution in [3.63, 3.8) is 0 Å². The minimum absolute atomic E-state index is 0.0253. The Hall–Kier alpha value is -3.12. The number of benzene rings is 2. The number of nitrogens with zero attached hydrogens (tertiary/aromatic N) is 2. The molecular formula is C18H16N2O4. The van der Waals surface area contributed by atoms with E-state index in [-0.39, 0.29) is 18.2 Å². The van der Waals surface area contributed by atoms with E-state index in [9.17, 15) is 19.8 Å². The number of amides is 3. The highest BCUT2D eigenvalue weighted by molar-refractivity contribution is 6.27. The van der Waals surface area contributed by atoms with E-state index < -0.39 is 12.1 Å². The number of hydrogen-bond acceptors (Lipinski definition) is 4. The van der Waals surface area contributed by atoms with E-state index in [2.05, 4.69) is 6.58 Å². The Kier molecular flexibility index (Phi) is 4.05. The summed E-state index contributed by atoms with van der Waals surface area (Å²) < 4.78 is 0. The SMILES string of the molecule is C=CC(O)c1cccc(N2CC(=O)N(c3cccc(O)c3)C2=O)c1. The highest BCUT2D eigenvalue weighted by atomic mass is 16.3. The molecule has 0 aromatic heterocycles. The zero-order valence-corrected chi connectivity index (χ0v) is 12.8. The third-order valence-electron chi connectivity index (χ3n) is 3.80. The number of imide groups is 1. The van der Waals surface area contributed by atoms with Gasteiger partial charge in [0.25, 0.3) is 5.91 Å². The average molecular weight is 324 g/mol. The molecule has 1 saturated heterocycles. The molecule has 24 heavy (non-hydrogen) atoms. The first-order valence-corrected chi connectivity index (χ1v) is 7.35. The molecule has 3 rings (SSSR count). The van der Waals surface area contributed by atoms with Gasteiger partial charge in [-0.1, -0.05) is 24.3 Å². The van der Waals surface area contributed by atoms with Crippen molar-refractivity contribution < 1.29 is 19.8 Å². The van der Waals surface area contributed by atoms with Crippen LogP contribution in [0.4, 0.5) is 16.2 Å². The number of anilines is 2. The summed E-state index contributed by atoms with van der Waals surface area (Å²) in [7, 11) is 0. The van der Waals surface area contributed by atoms with Crippen LogP contribution in [-0.2, 0) is 4.79 Å². The molecule has 0 spiro atoms. The maximum absolute atomic E-state index is 12.6. The predicted octanol–water partition coefficient (Wildman–Crippen LogP) is 2.58. The number of rotatable bonds is 4. The van der Waals surface area contributed by atoms with Crippen molar-refractivity contribution >= 4 is 23.3 Å². The van der Waals surface area contributed by atoms with Gasteiger partial charge in [-0.3, -0.25) is 9.69 Å². The van der Waals surface area contributed by atoms with Gasteiger partial charge >= 0.3 is 6.03 Å². The number of carbonyl (C=O) groups excluding carboxylic acids is 2. The van der Waals surface area contributed by atoms with E-state index in [0.717, 1.165) is 4.90 Å². The molecule has 1 unspecified atom stereocenters.